The zero-order chi connectivity index (χ0) is 13.8. The number of carbonyl (C=O) groups is 1. The number of fused-ring (bicyclic) bond motifs is 1. The first-order valence-corrected chi connectivity index (χ1v) is 8.58. The lowest BCUT2D eigenvalue weighted by Gasteiger charge is -1.98. The first-order valence-electron chi connectivity index (χ1n) is 6.57. The zero-order valence-corrected chi connectivity index (χ0v) is 14.5. The van der Waals surface area contributed by atoms with Crippen LogP contribution in [0.15, 0.2) is 6.07 Å². The molecule has 0 aromatic carbocycles. The summed E-state index contributed by atoms with van der Waals surface area (Å²) in [5.41, 5.74) is 0. The fourth-order valence-electron chi connectivity index (χ4n) is 2.07. The van der Waals surface area contributed by atoms with Gasteiger partial charge in [0.15, 0.2) is 0 Å². The van der Waals surface area contributed by atoms with Gasteiger partial charge in [0.05, 0.1) is 9.72 Å². The number of thiophene rings is 2. The quantitative estimate of drug-likeness (QED) is 0.598. The monoisotopic (exact) mass is 352 g/mol. The molecule has 0 saturated carbocycles. The molecule has 0 fully saturated rings. The maximum atomic E-state index is 11.0. The van der Waals surface area contributed by atoms with Crippen molar-refractivity contribution < 1.29 is 9.90 Å². The Balaban J connectivity index is 0.00000200. The van der Waals surface area contributed by atoms with E-state index < -0.39 is 5.97 Å². The first kappa shape index (κ1) is 17.8. The van der Waals surface area contributed by atoms with Gasteiger partial charge in [-0.25, -0.2) is 4.79 Å². The third-order valence-electron chi connectivity index (χ3n) is 3.08. The second kappa shape index (κ2) is 8.23. The van der Waals surface area contributed by atoms with Gasteiger partial charge in [-0.05, 0) is 18.9 Å². The van der Waals surface area contributed by atoms with E-state index in [-0.39, 0.29) is 17.3 Å². The number of aryl methyl sites for hydroxylation is 1. The molecule has 2 rings (SSSR count). The number of hydrogen-bond donors (Lipinski definition) is 1. The van der Waals surface area contributed by atoms with Crippen molar-refractivity contribution in [2.75, 3.05) is 0 Å². The van der Waals surface area contributed by atoms with Crippen molar-refractivity contribution in [1.29, 1.82) is 0 Å². The minimum Gasteiger partial charge on any atom is -0.477 e. The van der Waals surface area contributed by atoms with Crippen LogP contribution in [-0.4, -0.2) is 11.1 Å². The standard InChI is InChI=1S/C14H17ClO2S2.ClH/c1-2-3-4-5-6-7-9-8-10-12(18-9)11(15)13(19-10)14(16)17;/h8H,2-7H2,1H3,(H,16,17);1H. The van der Waals surface area contributed by atoms with Crippen LogP contribution >= 0.6 is 46.7 Å². The predicted molar refractivity (Wildman–Crippen MR) is 91.4 cm³/mol. The second-order valence-electron chi connectivity index (χ2n) is 4.62. The molecule has 0 atom stereocenters. The molecular formula is C14H18Cl2O2S2. The van der Waals surface area contributed by atoms with E-state index in [0.717, 1.165) is 15.8 Å². The molecule has 2 aromatic heterocycles. The fourth-order valence-corrected chi connectivity index (χ4v) is 4.86. The highest BCUT2D eigenvalue weighted by Crippen LogP contribution is 2.41. The molecule has 0 aliphatic heterocycles. The summed E-state index contributed by atoms with van der Waals surface area (Å²) < 4.78 is 1.95. The summed E-state index contributed by atoms with van der Waals surface area (Å²) in [6.07, 6.45) is 7.44. The average molecular weight is 353 g/mol. The van der Waals surface area contributed by atoms with Gasteiger partial charge in [-0.1, -0.05) is 44.2 Å². The largest absolute Gasteiger partial charge is 0.477 e. The number of halogens is 2. The first-order chi connectivity index (χ1) is 9.13. The van der Waals surface area contributed by atoms with Gasteiger partial charge in [0.1, 0.15) is 4.88 Å². The van der Waals surface area contributed by atoms with Crippen LogP contribution in [0.5, 0.6) is 0 Å². The second-order valence-corrected chi connectivity index (χ2v) is 7.19. The van der Waals surface area contributed by atoms with Crippen molar-refractivity contribution >= 4 is 62.1 Å². The highest BCUT2D eigenvalue weighted by Gasteiger charge is 2.18. The van der Waals surface area contributed by atoms with E-state index in [4.69, 9.17) is 16.7 Å². The Morgan fingerprint density at radius 1 is 1.25 bits per heavy atom. The molecule has 0 radical (unpaired) electrons. The van der Waals surface area contributed by atoms with Crippen molar-refractivity contribution in [3.8, 4) is 0 Å². The molecule has 0 saturated heterocycles. The third kappa shape index (κ3) is 4.10. The van der Waals surface area contributed by atoms with Crippen molar-refractivity contribution in [3.05, 3.63) is 20.8 Å². The topological polar surface area (TPSA) is 37.3 Å². The van der Waals surface area contributed by atoms with Crippen LogP contribution in [0.4, 0.5) is 0 Å². The van der Waals surface area contributed by atoms with Gasteiger partial charge in [0, 0.05) is 9.58 Å². The van der Waals surface area contributed by atoms with Crippen LogP contribution in [0.3, 0.4) is 0 Å². The lowest BCUT2D eigenvalue weighted by atomic mass is 10.1. The van der Waals surface area contributed by atoms with E-state index in [0.29, 0.717) is 5.02 Å². The van der Waals surface area contributed by atoms with Crippen LogP contribution < -0.4 is 0 Å². The summed E-state index contributed by atoms with van der Waals surface area (Å²) >= 11 is 9.03. The summed E-state index contributed by atoms with van der Waals surface area (Å²) in [6, 6.07) is 2.10. The summed E-state index contributed by atoms with van der Waals surface area (Å²) in [4.78, 5) is 12.6. The van der Waals surface area contributed by atoms with Gasteiger partial charge in [-0.3, -0.25) is 0 Å². The summed E-state index contributed by atoms with van der Waals surface area (Å²) in [6.45, 7) is 2.22. The molecule has 6 heteroatoms. The van der Waals surface area contributed by atoms with Crippen molar-refractivity contribution in [2.24, 2.45) is 0 Å². The summed E-state index contributed by atoms with van der Waals surface area (Å²) in [5, 5.41) is 9.42. The fraction of sp³-hybridized carbons (Fsp3) is 0.500. The molecule has 2 heterocycles. The van der Waals surface area contributed by atoms with Gasteiger partial charge in [0.25, 0.3) is 0 Å². The maximum absolute atomic E-state index is 11.0. The van der Waals surface area contributed by atoms with Gasteiger partial charge < -0.3 is 5.11 Å². The minimum atomic E-state index is -0.931. The molecule has 2 aromatic rings. The van der Waals surface area contributed by atoms with Crippen LogP contribution in [-0.2, 0) is 6.42 Å². The van der Waals surface area contributed by atoms with E-state index in [2.05, 4.69) is 13.0 Å². The van der Waals surface area contributed by atoms with Crippen LogP contribution in [0, 0.1) is 0 Å². The Morgan fingerprint density at radius 2 is 1.95 bits per heavy atom. The number of rotatable bonds is 7. The van der Waals surface area contributed by atoms with Gasteiger partial charge >= 0.3 is 5.97 Å². The Morgan fingerprint density at radius 3 is 2.55 bits per heavy atom. The number of aromatic carboxylic acids is 1. The predicted octanol–water partition coefficient (Wildman–Crippen LogP) is 6.25. The lowest BCUT2D eigenvalue weighted by Crippen LogP contribution is -1.91. The Hall–Kier alpha value is -0.290. The van der Waals surface area contributed by atoms with E-state index in [1.54, 1.807) is 11.3 Å². The van der Waals surface area contributed by atoms with Gasteiger partial charge in [0.2, 0.25) is 0 Å². The average Bonchev–Trinajstić information content (AvgIpc) is 2.89. The molecule has 0 aliphatic rings. The van der Waals surface area contributed by atoms with Crippen molar-refractivity contribution in [2.45, 2.75) is 45.4 Å². The normalized spacial score (nSPS) is 10.7. The van der Waals surface area contributed by atoms with Crippen LogP contribution in [0.25, 0.3) is 9.40 Å². The summed E-state index contributed by atoms with van der Waals surface area (Å²) in [7, 11) is 0. The Kier molecular flexibility index (Phi) is 7.30. The number of unbranched alkanes of at least 4 members (excludes halogenated alkanes) is 4. The van der Waals surface area contributed by atoms with E-state index in [1.807, 2.05) is 0 Å². The lowest BCUT2D eigenvalue weighted by molar-refractivity contribution is 0.0702. The zero-order valence-electron chi connectivity index (χ0n) is 11.3. The molecule has 1 N–H and O–H groups in total. The minimum absolute atomic E-state index is 0. The van der Waals surface area contributed by atoms with Crippen LogP contribution in [0.2, 0.25) is 5.02 Å². The molecule has 0 amide bonds. The highest BCUT2D eigenvalue weighted by atomic mass is 35.5. The molecule has 2 nitrogen and oxygen atoms in total. The molecule has 112 valence electrons. The molecule has 0 bridgehead atoms. The third-order valence-corrected chi connectivity index (χ3v) is 6.15. The van der Waals surface area contributed by atoms with Crippen molar-refractivity contribution in [1.82, 2.24) is 0 Å². The van der Waals surface area contributed by atoms with Gasteiger partial charge in [-0.15, -0.1) is 35.1 Å². The van der Waals surface area contributed by atoms with Crippen LogP contribution in [0.1, 0.15) is 53.6 Å². The Bertz CT molecular complexity index is 575. The molecule has 0 aliphatic carbocycles. The molecule has 20 heavy (non-hydrogen) atoms. The van der Waals surface area contributed by atoms with E-state index in [1.165, 1.54) is 48.3 Å². The highest BCUT2D eigenvalue weighted by molar-refractivity contribution is 7.29. The smallest absolute Gasteiger partial charge is 0.347 e. The molecular weight excluding hydrogens is 335 g/mol. The number of carboxylic acid groups (broad SMARTS) is 1. The molecule has 0 spiro atoms. The van der Waals surface area contributed by atoms with Gasteiger partial charge in [-0.2, -0.15) is 0 Å². The maximum Gasteiger partial charge on any atom is 0.347 e. The molecule has 0 unspecified atom stereocenters. The number of carboxylic acids is 1. The Labute approximate surface area is 138 Å². The van der Waals surface area contributed by atoms with E-state index >= 15 is 0 Å². The number of hydrogen-bond acceptors (Lipinski definition) is 3. The summed E-state index contributed by atoms with van der Waals surface area (Å²) in [5.74, 6) is -0.931. The van der Waals surface area contributed by atoms with Crippen molar-refractivity contribution in [3.63, 3.8) is 0 Å². The van der Waals surface area contributed by atoms with E-state index in [9.17, 15) is 4.79 Å². The SMILES string of the molecule is CCCCCCCc1cc2sc(C(=O)O)c(Cl)c2s1.Cl.